The molecule has 1 aliphatic rings. The summed E-state index contributed by atoms with van der Waals surface area (Å²) in [6.07, 6.45) is 5.19. The van der Waals surface area contributed by atoms with Gasteiger partial charge in [-0.2, -0.15) is 0 Å². The molecule has 0 saturated heterocycles. The van der Waals surface area contributed by atoms with E-state index in [4.69, 9.17) is 0 Å². The SMILES string of the molecule is CN=C(NCCC(=O)NC1CCCC1)NCc1ccc(C)cc1.I. The average Bonchev–Trinajstić information content (AvgIpc) is 3.05. The van der Waals surface area contributed by atoms with E-state index in [0.29, 0.717) is 25.6 Å². The molecular formula is C18H29IN4O. The van der Waals surface area contributed by atoms with Crippen LogP contribution in [0, 0.1) is 6.92 Å². The number of carbonyl (C=O) groups is 1. The normalized spacial score (nSPS) is 14.8. The van der Waals surface area contributed by atoms with Crippen molar-refractivity contribution in [2.24, 2.45) is 4.99 Å². The third kappa shape index (κ3) is 7.51. The number of halogens is 1. The van der Waals surface area contributed by atoms with Crippen LogP contribution in [0.15, 0.2) is 29.3 Å². The molecule has 1 aromatic rings. The zero-order valence-electron chi connectivity index (χ0n) is 14.6. The Hall–Kier alpha value is -1.31. The van der Waals surface area contributed by atoms with Gasteiger partial charge in [0, 0.05) is 32.6 Å². The maximum Gasteiger partial charge on any atom is 0.221 e. The lowest BCUT2D eigenvalue weighted by atomic mass is 10.1. The number of nitrogens with zero attached hydrogens (tertiary/aromatic N) is 1. The van der Waals surface area contributed by atoms with Gasteiger partial charge in [-0.05, 0) is 25.3 Å². The molecule has 1 fully saturated rings. The van der Waals surface area contributed by atoms with Gasteiger partial charge < -0.3 is 16.0 Å². The Morgan fingerprint density at radius 2 is 1.83 bits per heavy atom. The first kappa shape index (κ1) is 20.7. The van der Waals surface area contributed by atoms with Crippen molar-refractivity contribution in [2.45, 2.75) is 51.6 Å². The molecule has 24 heavy (non-hydrogen) atoms. The average molecular weight is 444 g/mol. The van der Waals surface area contributed by atoms with Gasteiger partial charge in [-0.15, -0.1) is 24.0 Å². The highest BCUT2D eigenvalue weighted by Gasteiger charge is 2.16. The number of hydrogen-bond acceptors (Lipinski definition) is 2. The molecule has 0 spiro atoms. The first-order valence-electron chi connectivity index (χ1n) is 8.47. The summed E-state index contributed by atoms with van der Waals surface area (Å²) < 4.78 is 0. The van der Waals surface area contributed by atoms with Crippen LogP contribution in [0.3, 0.4) is 0 Å². The summed E-state index contributed by atoms with van der Waals surface area (Å²) in [5, 5.41) is 9.54. The fraction of sp³-hybridized carbons (Fsp3) is 0.556. The first-order valence-corrected chi connectivity index (χ1v) is 8.47. The van der Waals surface area contributed by atoms with E-state index in [1.54, 1.807) is 7.05 Å². The number of nitrogens with one attached hydrogen (secondary N) is 3. The molecule has 1 aliphatic carbocycles. The van der Waals surface area contributed by atoms with Crippen molar-refractivity contribution in [1.82, 2.24) is 16.0 Å². The van der Waals surface area contributed by atoms with E-state index < -0.39 is 0 Å². The van der Waals surface area contributed by atoms with Crippen LogP contribution in [0.25, 0.3) is 0 Å². The van der Waals surface area contributed by atoms with Crippen LogP contribution in [0.5, 0.6) is 0 Å². The zero-order valence-corrected chi connectivity index (χ0v) is 16.9. The standard InChI is InChI=1S/C18H28N4O.HI/c1-14-7-9-15(10-8-14)13-21-18(19-2)20-12-11-17(23)22-16-5-3-4-6-16;/h7-10,16H,3-6,11-13H2,1-2H3,(H,22,23)(H2,19,20,21);1H. The minimum Gasteiger partial charge on any atom is -0.356 e. The summed E-state index contributed by atoms with van der Waals surface area (Å²) in [5.41, 5.74) is 2.46. The second kappa shape index (κ2) is 11.3. The Kier molecular flexibility index (Phi) is 9.75. The van der Waals surface area contributed by atoms with Gasteiger partial charge in [0.05, 0.1) is 0 Å². The first-order chi connectivity index (χ1) is 11.2. The van der Waals surface area contributed by atoms with Crippen LogP contribution in [0.1, 0.15) is 43.2 Å². The number of amides is 1. The molecule has 2 rings (SSSR count). The molecule has 134 valence electrons. The third-order valence-electron chi connectivity index (χ3n) is 4.17. The monoisotopic (exact) mass is 444 g/mol. The van der Waals surface area contributed by atoms with Crippen molar-refractivity contribution < 1.29 is 4.79 Å². The molecular weight excluding hydrogens is 415 g/mol. The Morgan fingerprint density at radius 3 is 2.46 bits per heavy atom. The van der Waals surface area contributed by atoms with Crippen LogP contribution in [-0.4, -0.2) is 31.5 Å². The van der Waals surface area contributed by atoms with E-state index in [2.05, 4.69) is 52.1 Å². The highest BCUT2D eigenvalue weighted by Crippen LogP contribution is 2.17. The molecule has 5 nitrogen and oxygen atoms in total. The maximum atomic E-state index is 11.9. The number of hydrogen-bond donors (Lipinski definition) is 3. The van der Waals surface area contributed by atoms with Crippen LogP contribution in [0.2, 0.25) is 0 Å². The Labute approximate surface area is 162 Å². The minimum absolute atomic E-state index is 0. The summed E-state index contributed by atoms with van der Waals surface area (Å²) in [7, 11) is 1.74. The molecule has 0 aliphatic heterocycles. The lowest BCUT2D eigenvalue weighted by molar-refractivity contribution is -0.121. The van der Waals surface area contributed by atoms with Gasteiger partial charge in [-0.1, -0.05) is 42.7 Å². The highest BCUT2D eigenvalue weighted by molar-refractivity contribution is 14.0. The van der Waals surface area contributed by atoms with E-state index in [1.807, 2.05) is 0 Å². The smallest absolute Gasteiger partial charge is 0.221 e. The number of aliphatic imine (C=N–C) groups is 1. The molecule has 0 aromatic heterocycles. The Bertz CT molecular complexity index is 524. The van der Waals surface area contributed by atoms with Crippen molar-refractivity contribution >= 4 is 35.8 Å². The van der Waals surface area contributed by atoms with Crippen LogP contribution in [-0.2, 0) is 11.3 Å². The summed E-state index contributed by atoms with van der Waals surface area (Å²) in [6, 6.07) is 8.79. The Balaban J connectivity index is 0.00000288. The largest absolute Gasteiger partial charge is 0.356 e. The lowest BCUT2D eigenvalue weighted by Gasteiger charge is -2.14. The molecule has 1 aromatic carbocycles. The molecule has 0 unspecified atom stereocenters. The van der Waals surface area contributed by atoms with Gasteiger partial charge >= 0.3 is 0 Å². The summed E-state index contributed by atoms with van der Waals surface area (Å²) in [6.45, 7) is 3.38. The van der Waals surface area contributed by atoms with E-state index >= 15 is 0 Å². The van der Waals surface area contributed by atoms with Gasteiger partial charge in [0.15, 0.2) is 5.96 Å². The maximum absolute atomic E-state index is 11.9. The fourth-order valence-electron chi connectivity index (χ4n) is 2.78. The van der Waals surface area contributed by atoms with Crippen molar-refractivity contribution in [3.63, 3.8) is 0 Å². The van der Waals surface area contributed by atoms with Crippen molar-refractivity contribution in [2.75, 3.05) is 13.6 Å². The van der Waals surface area contributed by atoms with E-state index in [9.17, 15) is 4.79 Å². The summed E-state index contributed by atoms with van der Waals surface area (Å²) in [4.78, 5) is 16.1. The topological polar surface area (TPSA) is 65.5 Å². The van der Waals surface area contributed by atoms with Gasteiger partial charge in [-0.3, -0.25) is 9.79 Å². The number of carbonyl (C=O) groups excluding carboxylic acids is 1. The molecule has 1 amide bonds. The molecule has 0 radical (unpaired) electrons. The molecule has 0 heterocycles. The predicted molar refractivity (Wildman–Crippen MR) is 110 cm³/mol. The van der Waals surface area contributed by atoms with Crippen molar-refractivity contribution in [3.05, 3.63) is 35.4 Å². The van der Waals surface area contributed by atoms with Crippen LogP contribution in [0.4, 0.5) is 0 Å². The highest BCUT2D eigenvalue weighted by atomic mass is 127. The van der Waals surface area contributed by atoms with Crippen LogP contribution < -0.4 is 16.0 Å². The van der Waals surface area contributed by atoms with Gasteiger partial charge in [0.25, 0.3) is 0 Å². The lowest BCUT2D eigenvalue weighted by Crippen LogP contribution is -2.40. The van der Waals surface area contributed by atoms with Crippen molar-refractivity contribution in [1.29, 1.82) is 0 Å². The van der Waals surface area contributed by atoms with Gasteiger partial charge in [0.2, 0.25) is 5.91 Å². The molecule has 1 saturated carbocycles. The number of aryl methyl sites for hydroxylation is 1. The molecule has 3 N–H and O–H groups in total. The van der Waals surface area contributed by atoms with Gasteiger partial charge in [0.1, 0.15) is 0 Å². The molecule has 6 heteroatoms. The Morgan fingerprint density at radius 1 is 1.17 bits per heavy atom. The van der Waals surface area contributed by atoms with E-state index in [1.165, 1.54) is 24.0 Å². The number of guanidine groups is 1. The summed E-state index contributed by atoms with van der Waals surface area (Å²) >= 11 is 0. The summed E-state index contributed by atoms with van der Waals surface area (Å²) in [5.74, 6) is 0.845. The third-order valence-corrected chi connectivity index (χ3v) is 4.17. The van der Waals surface area contributed by atoms with Crippen molar-refractivity contribution in [3.8, 4) is 0 Å². The molecule has 0 atom stereocenters. The number of benzene rings is 1. The van der Waals surface area contributed by atoms with Gasteiger partial charge in [-0.25, -0.2) is 0 Å². The fourth-order valence-corrected chi connectivity index (χ4v) is 2.78. The second-order valence-corrected chi connectivity index (χ2v) is 6.14. The number of rotatable bonds is 6. The second-order valence-electron chi connectivity index (χ2n) is 6.14. The zero-order chi connectivity index (χ0) is 16.5. The minimum atomic E-state index is 0. The van der Waals surface area contributed by atoms with Crippen LogP contribution >= 0.6 is 24.0 Å². The van der Waals surface area contributed by atoms with E-state index in [-0.39, 0.29) is 29.9 Å². The molecule has 0 bridgehead atoms. The predicted octanol–water partition coefficient (Wildman–Crippen LogP) is 2.73. The quantitative estimate of drug-likeness (QED) is 0.359. The van der Waals surface area contributed by atoms with E-state index in [0.717, 1.165) is 18.8 Å².